The molecule has 1 aromatic rings. The summed E-state index contributed by atoms with van der Waals surface area (Å²) in [4.78, 5) is 22.9. The van der Waals surface area contributed by atoms with Gasteiger partial charge in [-0.1, -0.05) is 17.7 Å². The van der Waals surface area contributed by atoms with E-state index in [4.69, 9.17) is 0 Å². The number of carboxylic acid groups (broad SMARTS) is 1. The van der Waals surface area contributed by atoms with Gasteiger partial charge in [0.2, 0.25) is 15.9 Å². The number of sulfonamides is 1. The Labute approximate surface area is 141 Å². The summed E-state index contributed by atoms with van der Waals surface area (Å²) in [7, 11) is -3.57. The monoisotopic (exact) mass is 353 g/mol. The van der Waals surface area contributed by atoms with Crippen LogP contribution in [0.5, 0.6) is 0 Å². The zero-order valence-corrected chi connectivity index (χ0v) is 14.5. The molecule has 0 aliphatic carbocycles. The molecule has 132 valence electrons. The standard InChI is InChI=1S/C16H22N2O5S/c1-11-3-5-14(6-4-11)24(22,23)18-9-7-13(8-10-18)15(19)17-12(2)16(20)21/h3-6,12-13H,7-10H2,1-2H3,(H,17,19)(H,20,21)/p-1/t12-/m0/s1. The Hall–Kier alpha value is -1.93. The second kappa shape index (κ2) is 7.31. The lowest BCUT2D eigenvalue weighted by molar-refractivity contribution is -0.307. The van der Waals surface area contributed by atoms with Gasteiger partial charge in [0.05, 0.1) is 16.9 Å². The summed E-state index contributed by atoms with van der Waals surface area (Å²) in [5, 5.41) is 13.0. The van der Waals surface area contributed by atoms with E-state index in [-0.39, 0.29) is 23.9 Å². The molecule has 1 heterocycles. The Balaban J connectivity index is 1.98. The highest BCUT2D eigenvalue weighted by Gasteiger charge is 2.32. The molecule has 1 aromatic carbocycles. The first-order valence-corrected chi connectivity index (χ1v) is 9.24. The van der Waals surface area contributed by atoms with Gasteiger partial charge in [-0.15, -0.1) is 0 Å². The number of aliphatic carboxylic acids is 1. The smallest absolute Gasteiger partial charge is 0.243 e. The van der Waals surface area contributed by atoms with Gasteiger partial charge in [-0.05, 0) is 38.8 Å². The van der Waals surface area contributed by atoms with Crippen LogP contribution in [0.2, 0.25) is 0 Å². The van der Waals surface area contributed by atoms with Gasteiger partial charge in [0.1, 0.15) is 0 Å². The van der Waals surface area contributed by atoms with Crippen molar-refractivity contribution < 1.29 is 23.1 Å². The van der Waals surface area contributed by atoms with E-state index in [2.05, 4.69) is 5.32 Å². The highest BCUT2D eigenvalue weighted by molar-refractivity contribution is 7.89. The van der Waals surface area contributed by atoms with Crippen molar-refractivity contribution in [2.24, 2.45) is 5.92 Å². The Morgan fingerprint density at radius 2 is 1.75 bits per heavy atom. The Morgan fingerprint density at radius 1 is 1.21 bits per heavy atom. The zero-order chi connectivity index (χ0) is 17.9. The van der Waals surface area contributed by atoms with Crippen LogP contribution in [0.3, 0.4) is 0 Å². The largest absolute Gasteiger partial charge is 0.548 e. The van der Waals surface area contributed by atoms with Gasteiger partial charge < -0.3 is 15.2 Å². The Bertz CT molecular complexity index is 706. The number of amides is 1. The van der Waals surface area contributed by atoms with E-state index in [0.29, 0.717) is 12.8 Å². The van der Waals surface area contributed by atoms with Gasteiger partial charge in [0, 0.05) is 19.0 Å². The van der Waals surface area contributed by atoms with Crippen molar-refractivity contribution in [2.75, 3.05) is 13.1 Å². The average molecular weight is 353 g/mol. The molecule has 1 amide bonds. The van der Waals surface area contributed by atoms with E-state index in [0.717, 1.165) is 5.56 Å². The first-order chi connectivity index (χ1) is 11.2. The first kappa shape index (κ1) is 18.4. The van der Waals surface area contributed by atoms with Crippen molar-refractivity contribution in [1.29, 1.82) is 0 Å². The third-order valence-corrected chi connectivity index (χ3v) is 6.11. The van der Waals surface area contributed by atoms with Gasteiger partial charge in [-0.25, -0.2) is 8.42 Å². The Kier molecular flexibility index (Phi) is 5.61. The van der Waals surface area contributed by atoms with Gasteiger partial charge in [0.15, 0.2) is 0 Å². The number of rotatable bonds is 5. The third-order valence-electron chi connectivity index (χ3n) is 4.20. The topological polar surface area (TPSA) is 107 Å². The number of benzene rings is 1. The molecule has 1 fully saturated rings. The molecule has 1 N–H and O–H groups in total. The minimum Gasteiger partial charge on any atom is -0.548 e. The zero-order valence-electron chi connectivity index (χ0n) is 13.7. The number of carboxylic acids is 1. The van der Waals surface area contributed by atoms with E-state index in [9.17, 15) is 23.1 Å². The average Bonchev–Trinajstić information content (AvgIpc) is 2.55. The molecule has 1 saturated heterocycles. The first-order valence-electron chi connectivity index (χ1n) is 7.80. The van der Waals surface area contributed by atoms with E-state index < -0.39 is 28.0 Å². The summed E-state index contributed by atoms with van der Waals surface area (Å²) in [6.07, 6.45) is 0.716. The summed E-state index contributed by atoms with van der Waals surface area (Å²) in [6, 6.07) is 5.57. The number of nitrogens with zero attached hydrogens (tertiary/aromatic N) is 1. The number of hydrogen-bond donors (Lipinski definition) is 1. The van der Waals surface area contributed by atoms with Crippen LogP contribution in [0, 0.1) is 12.8 Å². The molecule has 7 nitrogen and oxygen atoms in total. The quantitative estimate of drug-likeness (QED) is 0.779. The van der Waals surface area contributed by atoms with Crippen LogP contribution in [0.1, 0.15) is 25.3 Å². The fourth-order valence-corrected chi connectivity index (χ4v) is 4.08. The van der Waals surface area contributed by atoms with Crippen LogP contribution in [0.4, 0.5) is 0 Å². The summed E-state index contributed by atoms with van der Waals surface area (Å²) in [5.74, 6) is -2.11. The molecule has 0 aromatic heterocycles. The summed E-state index contributed by atoms with van der Waals surface area (Å²) in [5.41, 5.74) is 0.978. The highest BCUT2D eigenvalue weighted by atomic mass is 32.2. The number of nitrogens with one attached hydrogen (secondary N) is 1. The third kappa shape index (κ3) is 4.12. The molecule has 1 aliphatic heterocycles. The highest BCUT2D eigenvalue weighted by Crippen LogP contribution is 2.24. The molecule has 0 unspecified atom stereocenters. The van der Waals surface area contributed by atoms with Crippen LogP contribution >= 0.6 is 0 Å². The Morgan fingerprint density at radius 3 is 2.25 bits per heavy atom. The van der Waals surface area contributed by atoms with Gasteiger partial charge in [-0.2, -0.15) is 4.31 Å². The molecular formula is C16H21N2O5S-. The van der Waals surface area contributed by atoms with Crippen molar-refractivity contribution in [3.05, 3.63) is 29.8 Å². The SMILES string of the molecule is Cc1ccc(S(=O)(=O)N2CCC(C(=O)N[C@@H](C)C(=O)[O-])CC2)cc1. The number of carbonyl (C=O) groups is 2. The summed E-state index contributed by atoms with van der Waals surface area (Å²) >= 11 is 0. The van der Waals surface area contributed by atoms with Crippen molar-refractivity contribution >= 4 is 21.9 Å². The molecular weight excluding hydrogens is 332 g/mol. The summed E-state index contributed by atoms with van der Waals surface area (Å²) < 4.78 is 26.5. The van der Waals surface area contributed by atoms with Crippen molar-refractivity contribution in [1.82, 2.24) is 9.62 Å². The normalized spacial score (nSPS) is 18.1. The minimum absolute atomic E-state index is 0.230. The lowest BCUT2D eigenvalue weighted by Gasteiger charge is -2.31. The number of carbonyl (C=O) groups excluding carboxylic acids is 2. The number of aryl methyl sites for hydroxylation is 1. The van der Waals surface area contributed by atoms with Gasteiger partial charge >= 0.3 is 0 Å². The molecule has 8 heteroatoms. The van der Waals surface area contributed by atoms with Crippen LogP contribution in [-0.2, 0) is 19.6 Å². The summed E-state index contributed by atoms with van der Waals surface area (Å²) in [6.45, 7) is 3.68. The predicted octanol–water partition coefficient (Wildman–Crippen LogP) is -0.350. The van der Waals surface area contributed by atoms with E-state index in [1.165, 1.54) is 11.2 Å². The van der Waals surface area contributed by atoms with Gasteiger partial charge in [0.25, 0.3) is 0 Å². The maximum Gasteiger partial charge on any atom is 0.243 e. The fourth-order valence-electron chi connectivity index (χ4n) is 2.61. The van der Waals surface area contributed by atoms with Crippen molar-refractivity contribution in [2.45, 2.75) is 37.6 Å². The molecule has 1 atom stereocenters. The van der Waals surface area contributed by atoms with Crippen molar-refractivity contribution in [3.63, 3.8) is 0 Å². The maximum atomic E-state index is 12.6. The lowest BCUT2D eigenvalue weighted by atomic mass is 9.97. The maximum absolute atomic E-state index is 12.6. The van der Waals surface area contributed by atoms with Crippen LogP contribution in [-0.4, -0.2) is 43.7 Å². The molecule has 24 heavy (non-hydrogen) atoms. The van der Waals surface area contributed by atoms with Crippen LogP contribution < -0.4 is 10.4 Å². The molecule has 0 saturated carbocycles. The molecule has 0 bridgehead atoms. The molecule has 2 rings (SSSR count). The van der Waals surface area contributed by atoms with E-state index in [1.54, 1.807) is 24.3 Å². The van der Waals surface area contributed by atoms with E-state index in [1.807, 2.05) is 6.92 Å². The molecule has 1 aliphatic rings. The second-order valence-corrected chi connectivity index (χ2v) is 7.98. The lowest BCUT2D eigenvalue weighted by Crippen LogP contribution is -2.49. The molecule has 0 radical (unpaired) electrons. The minimum atomic E-state index is -3.57. The number of piperidine rings is 1. The number of hydrogen-bond acceptors (Lipinski definition) is 5. The second-order valence-electron chi connectivity index (χ2n) is 6.04. The van der Waals surface area contributed by atoms with E-state index >= 15 is 0 Å². The van der Waals surface area contributed by atoms with Crippen LogP contribution in [0.15, 0.2) is 29.2 Å². The van der Waals surface area contributed by atoms with Crippen LogP contribution in [0.25, 0.3) is 0 Å². The molecule has 0 spiro atoms. The fraction of sp³-hybridized carbons (Fsp3) is 0.500. The predicted molar refractivity (Wildman–Crippen MR) is 85.3 cm³/mol. The van der Waals surface area contributed by atoms with Gasteiger partial charge in [-0.3, -0.25) is 4.79 Å². The van der Waals surface area contributed by atoms with Crippen molar-refractivity contribution in [3.8, 4) is 0 Å².